The van der Waals surface area contributed by atoms with Gasteiger partial charge in [0.1, 0.15) is 0 Å². The summed E-state index contributed by atoms with van der Waals surface area (Å²) in [5, 5.41) is 3.52. The molecule has 1 heterocycles. The van der Waals surface area contributed by atoms with Gasteiger partial charge in [0.2, 0.25) is 0 Å². The fourth-order valence-corrected chi connectivity index (χ4v) is 2.24. The van der Waals surface area contributed by atoms with Crippen molar-refractivity contribution in [3.8, 4) is 11.3 Å². The molecule has 0 atom stereocenters. The molecule has 4 heteroatoms. The van der Waals surface area contributed by atoms with Gasteiger partial charge in [-0.1, -0.05) is 12.1 Å². The molecule has 21 heavy (non-hydrogen) atoms. The zero-order valence-electron chi connectivity index (χ0n) is 13.7. The van der Waals surface area contributed by atoms with Crippen molar-refractivity contribution in [2.24, 2.45) is 0 Å². The third-order valence-corrected chi connectivity index (χ3v) is 3.18. The maximum absolute atomic E-state index is 4.30. The molecule has 4 nitrogen and oxygen atoms in total. The summed E-state index contributed by atoms with van der Waals surface area (Å²) in [7, 11) is 4.18. The molecule has 2 aromatic rings. The van der Waals surface area contributed by atoms with Crippen molar-refractivity contribution in [1.82, 2.24) is 14.5 Å². The monoisotopic (exact) mass is 286 g/mol. The molecule has 1 aromatic heterocycles. The lowest BCUT2D eigenvalue weighted by molar-refractivity contribution is 0.385. The minimum Gasteiger partial charge on any atom is -0.380 e. The van der Waals surface area contributed by atoms with Crippen molar-refractivity contribution >= 4 is 5.69 Å². The molecule has 1 N–H and O–H groups in total. The van der Waals surface area contributed by atoms with Crippen LogP contribution in [-0.2, 0) is 6.54 Å². The van der Waals surface area contributed by atoms with Crippen molar-refractivity contribution in [1.29, 1.82) is 0 Å². The smallest absolute Gasteiger partial charge is 0.0951 e. The maximum atomic E-state index is 4.30. The lowest BCUT2D eigenvalue weighted by atomic mass is 10.1. The van der Waals surface area contributed by atoms with E-state index in [-0.39, 0.29) is 5.54 Å². The summed E-state index contributed by atoms with van der Waals surface area (Å²) in [5.74, 6) is 0. The normalized spacial score (nSPS) is 11.9. The van der Waals surface area contributed by atoms with E-state index in [9.17, 15) is 0 Å². The fraction of sp³-hybridized carbons (Fsp3) is 0.471. The molecule has 114 valence electrons. The Bertz CT molecular complexity index is 578. The van der Waals surface area contributed by atoms with E-state index in [0.717, 1.165) is 24.5 Å². The van der Waals surface area contributed by atoms with Crippen LogP contribution < -0.4 is 5.32 Å². The summed E-state index contributed by atoms with van der Waals surface area (Å²) in [4.78, 5) is 6.49. The largest absolute Gasteiger partial charge is 0.380 e. The number of likely N-dealkylation sites (N-methyl/N-ethyl adjacent to an activating group) is 1. The molecule has 0 fully saturated rings. The summed E-state index contributed by atoms with van der Waals surface area (Å²) in [5.41, 5.74) is 3.55. The van der Waals surface area contributed by atoms with Crippen LogP contribution >= 0.6 is 0 Å². The lowest BCUT2D eigenvalue weighted by Crippen LogP contribution is -2.25. The molecule has 0 aliphatic heterocycles. The summed E-state index contributed by atoms with van der Waals surface area (Å²) in [6.45, 7) is 8.45. The van der Waals surface area contributed by atoms with Gasteiger partial charge in [-0.3, -0.25) is 0 Å². The SMILES string of the molecule is CN(C)CCn1cncc1-c1cccc(NC(C)(C)C)c1. The highest BCUT2D eigenvalue weighted by Gasteiger charge is 2.11. The van der Waals surface area contributed by atoms with E-state index in [4.69, 9.17) is 0 Å². The number of hydrogen-bond donors (Lipinski definition) is 1. The van der Waals surface area contributed by atoms with Crippen LogP contribution in [0.5, 0.6) is 0 Å². The van der Waals surface area contributed by atoms with Gasteiger partial charge in [0.15, 0.2) is 0 Å². The van der Waals surface area contributed by atoms with Crippen LogP contribution in [0.4, 0.5) is 5.69 Å². The molecule has 1 aromatic carbocycles. The lowest BCUT2D eigenvalue weighted by Gasteiger charge is -2.22. The Morgan fingerprint density at radius 3 is 2.67 bits per heavy atom. The Morgan fingerprint density at radius 2 is 2.00 bits per heavy atom. The fourth-order valence-electron chi connectivity index (χ4n) is 2.24. The average molecular weight is 286 g/mol. The molecule has 2 rings (SSSR count). The summed E-state index contributed by atoms with van der Waals surface area (Å²) >= 11 is 0. The van der Waals surface area contributed by atoms with Crippen molar-refractivity contribution in [2.75, 3.05) is 26.0 Å². The second-order valence-electron chi connectivity index (χ2n) is 6.73. The molecule has 0 saturated carbocycles. The summed E-state index contributed by atoms with van der Waals surface area (Å²) in [6.07, 6.45) is 3.84. The van der Waals surface area contributed by atoms with E-state index < -0.39 is 0 Å². The van der Waals surface area contributed by atoms with Crippen LogP contribution in [0.1, 0.15) is 20.8 Å². The van der Waals surface area contributed by atoms with E-state index in [1.54, 1.807) is 0 Å². The Hall–Kier alpha value is -1.81. The Kier molecular flexibility index (Phi) is 4.68. The standard InChI is InChI=1S/C17H26N4/c1-17(2,3)19-15-8-6-7-14(11-15)16-12-18-13-21(16)10-9-20(4)5/h6-8,11-13,19H,9-10H2,1-5H3. The van der Waals surface area contributed by atoms with Gasteiger partial charge in [-0.2, -0.15) is 0 Å². The van der Waals surface area contributed by atoms with Crippen molar-refractivity contribution in [3.63, 3.8) is 0 Å². The Balaban J connectivity index is 2.22. The number of hydrogen-bond acceptors (Lipinski definition) is 3. The van der Waals surface area contributed by atoms with Gasteiger partial charge in [-0.15, -0.1) is 0 Å². The van der Waals surface area contributed by atoms with Crippen molar-refractivity contribution in [2.45, 2.75) is 32.9 Å². The van der Waals surface area contributed by atoms with E-state index >= 15 is 0 Å². The minimum atomic E-state index is 0.0593. The van der Waals surface area contributed by atoms with Gasteiger partial charge >= 0.3 is 0 Å². The average Bonchev–Trinajstić information content (AvgIpc) is 2.82. The molecule has 0 spiro atoms. The number of imidazole rings is 1. The van der Waals surface area contributed by atoms with Gasteiger partial charge in [0.05, 0.1) is 18.2 Å². The zero-order chi connectivity index (χ0) is 15.5. The highest BCUT2D eigenvalue weighted by Crippen LogP contribution is 2.24. The van der Waals surface area contributed by atoms with Gasteiger partial charge < -0.3 is 14.8 Å². The summed E-state index contributed by atoms with van der Waals surface area (Å²) in [6, 6.07) is 8.52. The molecule has 0 unspecified atom stereocenters. The zero-order valence-corrected chi connectivity index (χ0v) is 13.7. The molecule has 0 saturated heterocycles. The van der Waals surface area contributed by atoms with Gasteiger partial charge in [-0.25, -0.2) is 4.98 Å². The van der Waals surface area contributed by atoms with Gasteiger partial charge in [0, 0.05) is 29.9 Å². The van der Waals surface area contributed by atoms with Crippen LogP contribution in [0, 0.1) is 0 Å². The van der Waals surface area contributed by atoms with Crippen LogP contribution in [0.15, 0.2) is 36.8 Å². The molecular formula is C17H26N4. The van der Waals surface area contributed by atoms with E-state index in [0.29, 0.717) is 0 Å². The number of anilines is 1. The number of aromatic nitrogens is 2. The first kappa shape index (κ1) is 15.6. The number of nitrogens with zero attached hydrogens (tertiary/aromatic N) is 3. The number of nitrogens with one attached hydrogen (secondary N) is 1. The highest BCUT2D eigenvalue weighted by atomic mass is 15.1. The molecule has 0 bridgehead atoms. The first-order valence-corrected chi connectivity index (χ1v) is 7.39. The molecule has 0 aliphatic carbocycles. The highest BCUT2D eigenvalue weighted by molar-refractivity contribution is 5.65. The maximum Gasteiger partial charge on any atom is 0.0951 e. The van der Waals surface area contributed by atoms with Crippen molar-refractivity contribution in [3.05, 3.63) is 36.8 Å². The third-order valence-electron chi connectivity index (χ3n) is 3.18. The van der Waals surface area contributed by atoms with Gasteiger partial charge in [-0.05, 0) is 47.0 Å². The first-order chi connectivity index (χ1) is 9.85. The number of benzene rings is 1. The first-order valence-electron chi connectivity index (χ1n) is 7.39. The molecule has 0 aliphatic rings. The quantitative estimate of drug-likeness (QED) is 0.915. The van der Waals surface area contributed by atoms with Crippen molar-refractivity contribution < 1.29 is 0 Å². The van der Waals surface area contributed by atoms with Crippen LogP contribution in [-0.4, -0.2) is 40.6 Å². The predicted octanol–water partition coefficient (Wildman–Crippen LogP) is 3.32. The Morgan fingerprint density at radius 1 is 1.24 bits per heavy atom. The number of rotatable bonds is 5. The second kappa shape index (κ2) is 6.31. The van der Waals surface area contributed by atoms with E-state index in [1.807, 2.05) is 12.5 Å². The molecular weight excluding hydrogens is 260 g/mol. The second-order valence-corrected chi connectivity index (χ2v) is 6.73. The topological polar surface area (TPSA) is 33.1 Å². The van der Waals surface area contributed by atoms with Crippen LogP contribution in [0.3, 0.4) is 0 Å². The van der Waals surface area contributed by atoms with E-state index in [1.165, 1.54) is 5.56 Å². The predicted molar refractivity (Wildman–Crippen MR) is 89.6 cm³/mol. The minimum absolute atomic E-state index is 0.0593. The molecule has 0 amide bonds. The van der Waals surface area contributed by atoms with Crippen LogP contribution in [0.2, 0.25) is 0 Å². The van der Waals surface area contributed by atoms with E-state index in [2.05, 4.69) is 78.9 Å². The Labute approximate surface area is 127 Å². The van der Waals surface area contributed by atoms with Gasteiger partial charge in [0.25, 0.3) is 0 Å². The van der Waals surface area contributed by atoms with Crippen LogP contribution in [0.25, 0.3) is 11.3 Å². The molecule has 0 radical (unpaired) electrons. The third kappa shape index (κ3) is 4.60. The summed E-state index contributed by atoms with van der Waals surface area (Å²) < 4.78 is 2.20.